The summed E-state index contributed by atoms with van der Waals surface area (Å²) in [5.41, 5.74) is 2.13. The van der Waals surface area contributed by atoms with Crippen molar-refractivity contribution in [3.05, 3.63) is 29.3 Å². The Morgan fingerprint density at radius 2 is 1.85 bits per heavy atom. The van der Waals surface area contributed by atoms with E-state index < -0.39 is 11.9 Å². The largest absolute Gasteiger partial charge is 0.493 e. The van der Waals surface area contributed by atoms with Crippen LogP contribution >= 0.6 is 0 Å². The van der Waals surface area contributed by atoms with Crippen molar-refractivity contribution in [3.8, 4) is 5.75 Å². The Kier molecular flexibility index (Phi) is 11.5. The molecule has 2 saturated heterocycles. The standard InChI is InChI=1S/C32H50N4O5/c1-4-5-16-34(18-9-8-15-33(2)3)30(38)23-36-22-26(24-11-12-28-25(21-24)14-20-41-28)31(32(39)40)27(36)13-19-35-17-7-6-10-29(35)37/h11-12,21,26-27,31H,4-10,13-20,22-23H2,1-3H3,(H,39,40). The van der Waals surface area contributed by atoms with Crippen LogP contribution in [0.3, 0.4) is 0 Å². The molecule has 0 aromatic heterocycles. The summed E-state index contributed by atoms with van der Waals surface area (Å²) in [6, 6.07) is 5.76. The molecule has 0 saturated carbocycles. The fourth-order valence-corrected chi connectivity index (χ4v) is 6.73. The molecule has 3 heterocycles. The molecule has 0 spiro atoms. The molecule has 41 heavy (non-hydrogen) atoms. The quantitative estimate of drug-likeness (QED) is 0.323. The highest BCUT2D eigenvalue weighted by molar-refractivity contribution is 5.79. The summed E-state index contributed by atoms with van der Waals surface area (Å²) in [6.07, 6.45) is 7.81. The van der Waals surface area contributed by atoms with Gasteiger partial charge in [0.05, 0.1) is 19.1 Å². The lowest BCUT2D eigenvalue weighted by atomic mass is 9.83. The maximum atomic E-state index is 13.8. The lowest BCUT2D eigenvalue weighted by Gasteiger charge is -2.32. The third-order valence-corrected chi connectivity index (χ3v) is 9.05. The second-order valence-electron chi connectivity index (χ2n) is 12.3. The van der Waals surface area contributed by atoms with Gasteiger partial charge in [0, 0.05) is 57.5 Å². The lowest BCUT2D eigenvalue weighted by molar-refractivity contribution is -0.144. The van der Waals surface area contributed by atoms with Crippen molar-refractivity contribution >= 4 is 17.8 Å². The van der Waals surface area contributed by atoms with Crippen LogP contribution in [-0.2, 0) is 20.8 Å². The van der Waals surface area contributed by atoms with Gasteiger partial charge in [0.2, 0.25) is 11.8 Å². The molecule has 3 atom stereocenters. The number of likely N-dealkylation sites (tertiary alicyclic amines) is 2. The van der Waals surface area contributed by atoms with E-state index in [1.807, 2.05) is 21.9 Å². The third-order valence-electron chi connectivity index (χ3n) is 9.05. The Bertz CT molecular complexity index is 1050. The second kappa shape index (κ2) is 15.0. The van der Waals surface area contributed by atoms with E-state index in [9.17, 15) is 19.5 Å². The van der Waals surface area contributed by atoms with Crippen LogP contribution < -0.4 is 4.74 Å². The zero-order valence-corrected chi connectivity index (χ0v) is 25.4. The second-order valence-corrected chi connectivity index (χ2v) is 12.3. The molecular formula is C32H50N4O5. The molecule has 228 valence electrons. The number of carbonyl (C=O) groups excluding carboxylic acids is 2. The van der Waals surface area contributed by atoms with E-state index in [2.05, 4.69) is 36.9 Å². The first-order chi connectivity index (χ1) is 19.8. The number of carbonyl (C=O) groups is 3. The Morgan fingerprint density at radius 3 is 2.59 bits per heavy atom. The molecule has 0 aliphatic carbocycles. The van der Waals surface area contributed by atoms with Gasteiger partial charge in [-0.1, -0.05) is 25.5 Å². The van der Waals surface area contributed by atoms with Crippen LogP contribution in [0.1, 0.15) is 75.3 Å². The zero-order chi connectivity index (χ0) is 29.4. The SMILES string of the molecule is CCCCN(CCCCN(C)C)C(=O)CN1CC(c2ccc3c(c2)CCO3)C(C(=O)O)C1CCN1CCCCC1=O. The molecule has 1 aromatic rings. The van der Waals surface area contributed by atoms with Crippen LogP contribution in [0, 0.1) is 5.92 Å². The van der Waals surface area contributed by atoms with Crippen molar-refractivity contribution in [1.82, 2.24) is 19.6 Å². The number of nitrogens with zero attached hydrogens (tertiary/aromatic N) is 4. The van der Waals surface area contributed by atoms with Gasteiger partial charge in [-0.2, -0.15) is 0 Å². The molecule has 9 heteroatoms. The minimum absolute atomic E-state index is 0.0782. The van der Waals surface area contributed by atoms with Gasteiger partial charge in [-0.3, -0.25) is 19.3 Å². The lowest BCUT2D eigenvalue weighted by Crippen LogP contribution is -2.46. The molecule has 0 radical (unpaired) electrons. The summed E-state index contributed by atoms with van der Waals surface area (Å²) in [7, 11) is 4.13. The van der Waals surface area contributed by atoms with Gasteiger partial charge >= 0.3 is 5.97 Å². The molecule has 3 aliphatic heterocycles. The number of rotatable bonds is 15. The Hall–Kier alpha value is -2.65. The molecule has 9 nitrogen and oxygen atoms in total. The smallest absolute Gasteiger partial charge is 0.308 e. The number of carboxylic acids is 1. The number of benzene rings is 1. The predicted molar refractivity (Wildman–Crippen MR) is 159 cm³/mol. The van der Waals surface area contributed by atoms with Crippen molar-refractivity contribution < 1.29 is 24.2 Å². The number of amides is 2. The number of aliphatic carboxylic acids is 1. The van der Waals surface area contributed by atoms with Crippen LogP contribution in [0.2, 0.25) is 0 Å². The highest BCUT2D eigenvalue weighted by atomic mass is 16.5. The van der Waals surface area contributed by atoms with Crippen LogP contribution in [-0.4, -0.2) is 115 Å². The fourth-order valence-electron chi connectivity index (χ4n) is 6.73. The first-order valence-corrected chi connectivity index (χ1v) is 15.7. The average molecular weight is 571 g/mol. The van der Waals surface area contributed by atoms with Gasteiger partial charge in [-0.15, -0.1) is 0 Å². The van der Waals surface area contributed by atoms with Gasteiger partial charge in [0.15, 0.2) is 0 Å². The number of hydrogen-bond donors (Lipinski definition) is 1. The zero-order valence-electron chi connectivity index (χ0n) is 25.4. The van der Waals surface area contributed by atoms with Crippen molar-refractivity contribution in [2.75, 3.05) is 66.5 Å². The molecule has 3 unspecified atom stereocenters. The molecular weight excluding hydrogens is 520 g/mol. The topological polar surface area (TPSA) is 93.6 Å². The van der Waals surface area contributed by atoms with Crippen molar-refractivity contribution in [2.24, 2.45) is 5.92 Å². The maximum Gasteiger partial charge on any atom is 0.308 e. The van der Waals surface area contributed by atoms with Crippen LogP contribution in [0.4, 0.5) is 0 Å². The van der Waals surface area contributed by atoms with Gasteiger partial charge in [-0.25, -0.2) is 0 Å². The molecule has 0 bridgehead atoms. The van der Waals surface area contributed by atoms with Gasteiger partial charge in [-0.05, 0) is 76.4 Å². The minimum atomic E-state index is -0.830. The fraction of sp³-hybridized carbons (Fsp3) is 0.719. The predicted octanol–water partition coefficient (Wildman–Crippen LogP) is 3.46. The average Bonchev–Trinajstić information content (AvgIpc) is 3.56. The molecule has 2 fully saturated rings. The minimum Gasteiger partial charge on any atom is -0.493 e. The summed E-state index contributed by atoms with van der Waals surface area (Å²) >= 11 is 0. The van der Waals surface area contributed by atoms with E-state index in [1.54, 1.807) is 0 Å². The number of unbranched alkanes of at least 4 members (excludes halogenated alkanes) is 2. The van der Waals surface area contributed by atoms with Crippen LogP contribution in [0.25, 0.3) is 0 Å². The Morgan fingerprint density at radius 1 is 1.07 bits per heavy atom. The van der Waals surface area contributed by atoms with Gasteiger partial charge < -0.3 is 24.5 Å². The summed E-state index contributed by atoms with van der Waals surface area (Å²) < 4.78 is 5.70. The normalized spacial score (nSPS) is 22.7. The number of hydrogen-bond acceptors (Lipinski definition) is 6. The van der Waals surface area contributed by atoms with E-state index in [-0.39, 0.29) is 30.3 Å². The Labute approximate surface area is 245 Å². The molecule has 1 N–H and O–H groups in total. The maximum absolute atomic E-state index is 13.8. The third kappa shape index (κ3) is 8.22. The first-order valence-electron chi connectivity index (χ1n) is 15.7. The molecule has 1 aromatic carbocycles. The van der Waals surface area contributed by atoms with E-state index in [4.69, 9.17) is 4.74 Å². The van der Waals surface area contributed by atoms with Crippen LogP contribution in [0.5, 0.6) is 5.75 Å². The Balaban J connectivity index is 1.53. The number of ether oxygens (including phenoxy) is 1. The molecule has 3 aliphatic rings. The first kappa shape index (κ1) is 31.3. The highest BCUT2D eigenvalue weighted by Crippen LogP contribution is 2.41. The van der Waals surface area contributed by atoms with E-state index >= 15 is 0 Å². The van der Waals surface area contributed by atoms with Crippen molar-refractivity contribution in [1.29, 1.82) is 0 Å². The van der Waals surface area contributed by atoms with E-state index in [0.717, 1.165) is 88.0 Å². The summed E-state index contributed by atoms with van der Waals surface area (Å²) in [5.74, 6) is -0.587. The van der Waals surface area contributed by atoms with Gasteiger partial charge in [0.25, 0.3) is 0 Å². The van der Waals surface area contributed by atoms with Gasteiger partial charge in [0.1, 0.15) is 5.75 Å². The number of piperidine rings is 1. The van der Waals surface area contributed by atoms with E-state index in [1.165, 1.54) is 0 Å². The molecule has 4 rings (SSSR count). The summed E-state index contributed by atoms with van der Waals surface area (Å²) in [6.45, 7) is 7.23. The summed E-state index contributed by atoms with van der Waals surface area (Å²) in [4.78, 5) is 47.3. The molecule has 2 amide bonds. The number of fused-ring (bicyclic) bond motifs is 1. The monoisotopic (exact) mass is 570 g/mol. The van der Waals surface area contributed by atoms with Crippen LogP contribution in [0.15, 0.2) is 18.2 Å². The number of carboxylic acid groups (broad SMARTS) is 1. The van der Waals surface area contributed by atoms with Crippen molar-refractivity contribution in [3.63, 3.8) is 0 Å². The van der Waals surface area contributed by atoms with Crippen molar-refractivity contribution in [2.45, 2.75) is 76.7 Å². The summed E-state index contributed by atoms with van der Waals surface area (Å²) in [5, 5.41) is 10.5. The van der Waals surface area contributed by atoms with E-state index in [0.29, 0.717) is 32.5 Å². The highest BCUT2D eigenvalue weighted by Gasteiger charge is 2.47.